The molecule has 1 aromatic carbocycles. The van der Waals surface area contributed by atoms with Gasteiger partial charge in [-0.1, -0.05) is 38.1 Å². The lowest BCUT2D eigenvalue weighted by Gasteiger charge is -2.61. The molecule has 3 saturated carbocycles. The zero-order chi connectivity index (χ0) is 31.0. The second-order valence-electron chi connectivity index (χ2n) is 13.7. The van der Waals surface area contributed by atoms with Crippen LogP contribution in [0, 0.1) is 39.8 Å². The monoisotopic (exact) mass is 635 g/mol. The van der Waals surface area contributed by atoms with E-state index in [1.54, 1.807) is 12.1 Å². The average Bonchev–Trinajstić information content (AvgIpc) is 3.68. The number of hydrogen-bond donors (Lipinski definition) is 2. The van der Waals surface area contributed by atoms with E-state index in [9.17, 15) is 24.2 Å². The fourth-order valence-corrected chi connectivity index (χ4v) is 11.6. The highest BCUT2D eigenvalue weighted by Gasteiger charge is 2.68. The van der Waals surface area contributed by atoms with Crippen LogP contribution in [-0.2, 0) is 17.6 Å². The SMILES string of the molecule is CCSC(=O)[C@@]1(Cc2ncc(C(=O)O)s2)CC[C@H]2[C@@H]3CCC4=Cc5c(cnn5-c5ccc(F)cc5)C[C@]4(C)[C@H]3[C@@H](O)C[C@@]21C. The second kappa shape index (κ2) is 10.6. The van der Waals surface area contributed by atoms with E-state index >= 15 is 0 Å². The second-order valence-corrected chi connectivity index (χ2v) is 16.0. The number of carboxylic acids is 1. The van der Waals surface area contributed by atoms with Gasteiger partial charge in [0.05, 0.1) is 40.3 Å². The lowest BCUT2D eigenvalue weighted by Crippen LogP contribution is -2.59. The maximum absolute atomic E-state index is 14.1. The van der Waals surface area contributed by atoms with Crippen molar-refractivity contribution in [2.45, 2.75) is 71.8 Å². The van der Waals surface area contributed by atoms with Gasteiger partial charge in [0.25, 0.3) is 0 Å². The smallest absolute Gasteiger partial charge is 0.347 e. The number of rotatable bonds is 6. The number of carbonyl (C=O) groups excluding carboxylic acids is 1. The number of aromatic carboxylic acids is 1. The Morgan fingerprint density at radius 1 is 1.18 bits per heavy atom. The quantitative estimate of drug-likeness (QED) is 0.306. The molecule has 0 radical (unpaired) electrons. The summed E-state index contributed by atoms with van der Waals surface area (Å²) in [5, 5.41) is 27.2. The fraction of sp³-hybridized carbons (Fsp3) is 0.529. The molecular formula is C34H38FN3O4S2. The highest BCUT2D eigenvalue weighted by atomic mass is 32.2. The van der Waals surface area contributed by atoms with Crippen molar-refractivity contribution in [2.24, 2.45) is 34.0 Å². The Hall–Kier alpha value is -2.82. The molecule has 2 N–H and O–H groups in total. The summed E-state index contributed by atoms with van der Waals surface area (Å²) in [6.45, 7) is 6.53. The molecule has 7 rings (SSSR count). The molecule has 232 valence electrons. The number of aliphatic hydroxyl groups excluding tert-OH is 1. The highest BCUT2D eigenvalue weighted by Crippen LogP contribution is 2.71. The van der Waals surface area contributed by atoms with Crippen LogP contribution in [0.25, 0.3) is 11.8 Å². The van der Waals surface area contributed by atoms with E-state index in [4.69, 9.17) is 0 Å². The zero-order valence-electron chi connectivity index (χ0n) is 25.3. The Balaban J connectivity index is 1.23. The molecule has 0 saturated heterocycles. The van der Waals surface area contributed by atoms with E-state index in [-0.39, 0.29) is 39.0 Å². The molecule has 0 spiro atoms. The van der Waals surface area contributed by atoms with Gasteiger partial charge in [-0.3, -0.25) is 4.79 Å². The molecule has 7 atom stereocenters. The van der Waals surface area contributed by atoms with Crippen molar-refractivity contribution in [1.29, 1.82) is 0 Å². The number of halogens is 1. The van der Waals surface area contributed by atoms with Crippen LogP contribution in [0.15, 0.2) is 42.2 Å². The minimum absolute atomic E-state index is 0.0612. The summed E-state index contributed by atoms with van der Waals surface area (Å²) < 4.78 is 15.5. The van der Waals surface area contributed by atoms with Crippen molar-refractivity contribution in [1.82, 2.24) is 14.8 Å². The molecule has 2 aromatic heterocycles. The van der Waals surface area contributed by atoms with Crippen LogP contribution < -0.4 is 0 Å². The molecule has 44 heavy (non-hydrogen) atoms. The first kappa shape index (κ1) is 29.9. The molecule has 0 bridgehead atoms. The molecular weight excluding hydrogens is 598 g/mol. The van der Waals surface area contributed by atoms with Gasteiger partial charge in [-0.15, -0.1) is 11.3 Å². The van der Waals surface area contributed by atoms with Crippen LogP contribution >= 0.6 is 23.1 Å². The van der Waals surface area contributed by atoms with Crippen LogP contribution in [0.1, 0.15) is 78.8 Å². The predicted molar refractivity (Wildman–Crippen MR) is 169 cm³/mol. The molecule has 3 fully saturated rings. The van der Waals surface area contributed by atoms with Gasteiger partial charge >= 0.3 is 5.97 Å². The lowest BCUT2D eigenvalue weighted by atomic mass is 9.44. The Labute approximate surface area is 265 Å². The molecule has 0 aliphatic heterocycles. The van der Waals surface area contributed by atoms with E-state index < -0.39 is 22.9 Å². The number of aliphatic hydroxyl groups is 1. The van der Waals surface area contributed by atoms with Crippen molar-refractivity contribution >= 4 is 40.3 Å². The van der Waals surface area contributed by atoms with Gasteiger partial charge in [0.2, 0.25) is 0 Å². The van der Waals surface area contributed by atoms with E-state index in [1.165, 1.54) is 35.7 Å². The summed E-state index contributed by atoms with van der Waals surface area (Å²) in [6, 6.07) is 6.40. The molecule has 0 amide bonds. The Morgan fingerprint density at radius 2 is 1.95 bits per heavy atom. The predicted octanol–water partition coefficient (Wildman–Crippen LogP) is 6.83. The summed E-state index contributed by atoms with van der Waals surface area (Å²) in [5.41, 5.74) is 2.97. The van der Waals surface area contributed by atoms with Crippen LogP contribution in [0.2, 0.25) is 0 Å². The summed E-state index contributed by atoms with van der Waals surface area (Å²) in [7, 11) is 0. The number of aromatic nitrogens is 3. The van der Waals surface area contributed by atoms with E-state index in [2.05, 4.69) is 30.0 Å². The average molecular weight is 636 g/mol. The van der Waals surface area contributed by atoms with Crippen LogP contribution in [0.5, 0.6) is 0 Å². The maximum atomic E-state index is 14.1. The number of hydrogen-bond acceptors (Lipinski definition) is 7. The van der Waals surface area contributed by atoms with E-state index in [1.807, 2.05) is 17.8 Å². The number of fused-ring (bicyclic) bond motifs is 6. The van der Waals surface area contributed by atoms with Gasteiger partial charge in [-0.05, 0) is 109 Å². The van der Waals surface area contributed by atoms with Gasteiger partial charge in [0, 0.05) is 6.42 Å². The zero-order valence-corrected chi connectivity index (χ0v) is 26.9. The molecule has 2 heterocycles. The molecule has 4 aliphatic carbocycles. The molecule has 3 aromatic rings. The number of thioether (sulfide) groups is 1. The van der Waals surface area contributed by atoms with Crippen molar-refractivity contribution < 1.29 is 24.2 Å². The largest absolute Gasteiger partial charge is 0.477 e. The van der Waals surface area contributed by atoms with Crippen molar-refractivity contribution in [2.75, 3.05) is 5.75 Å². The molecule has 7 nitrogen and oxygen atoms in total. The van der Waals surface area contributed by atoms with Crippen molar-refractivity contribution in [3.8, 4) is 5.69 Å². The summed E-state index contributed by atoms with van der Waals surface area (Å²) in [5.74, 6) is 0.00582. The van der Waals surface area contributed by atoms with Crippen molar-refractivity contribution in [3.63, 3.8) is 0 Å². The van der Waals surface area contributed by atoms with Gasteiger partial charge in [0.1, 0.15) is 10.7 Å². The van der Waals surface area contributed by atoms with Gasteiger partial charge in [-0.25, -0.2) is 18.9 Å². The number of thiazole rings is 1. The minimum Gasteiger partial charge on any atom is -0.477 e. The van der Waals surface area contributed by atoms with Gasteiger partial charge in [0.15, 0.2) is 5.12 Å². The Morgan fingerprint density at radius 3 is 2.66 bits per heavy atom. The van der Waals surface area contributed by atoms with Crippen LogP contribution in [0.4, 0.5) is 4.39 Å². The normalized spacial score (nSPS) is 34.0. The Bertz CT molecular complexity index is 1670. The third-order valence-corrected chi connectivity index (χ3v) is 13.7. The number of nitrogens with zero attached hydrogens (tertiary/aromatic N) is 3. The number of benzene rings is 1. The van der Waals surface area contributed by atoms with E-state index in [0.29, 0.717) is 23.6 Å². The molecule has 10 heteroatoms. The van der Waals surface area contributed by atoms with Crippen molar-refractivity contribution in [3.05, 3.63) is 69.2 Å². The lowest BCUT2D eigenvalue weighted by molar-refractivity contribution is -0.153. The van der Waals surface area contributed by atoms with E-state index in [0.717, 1.165) is 60.4 Å². The number of allylic oxidation sites excluding steroid dienone is 1. The Kier molecular flexibility index (Phi) is 7.21. The third kappa shape index (κ3) is 4.31. The highest BCUT2D eigenvalue weighted by molar-refractivity contribution is 8.13. The van der Waals surface area contributed by atoms with Crippen LogP contribution in [-0.4, -0.2) is 47.9 Å². The summed E-state index contributed by atoms with van der Waals surface area (Å²) in [6.07, 6.45) is 10.3. The van der Waals surface area contributed by atoms with Crippen LogP contribution in [0.3, 0.4) is 0 Å². The molecule has 4 aliphatic rings. The maximum Gasteiger partial charge on any atom is 0.347 e. The number of carbonyl (C=O) groups is 2. The first-order valence-electron chi connectivity index (χ1n) is 15.6. The van der Waals surface area contributed by atoms with Gasteiger partial charge < -0.3 is 10.2 Å². The van der Waals surface area contributed by atoms with Gasteiger partial charge in [-0.2, -0.15) is 5.10 Å². The fourth-order valence-electron chi connectivity index (χ4n) is 9.81. The first-order chi connectivity index (χ1) is 21.0. The summed E-state index contributed by atoms with van der Waals surface area (Å²) in [4.78, 5) is 30.4. The molecule has 0 unspecified atom stereocenters. The summed E-state index contributed by atoms with van der Waals surface area (Å²) >= 11 is 2.52. The first-order valence-corrected chi connectivity index (χ1v) is 17.4. The topological polar surface area (TPSA) is 105 Å². The number of carboxylic acid groups (broad SMARTS) is 1. The third-order valence-electron chi connectivity index (χ3n) is 11.7. The minimum atomic E-state index is -0.998. The standard InChI is InChI=1S/C34H38FN3O4S2/c1-4-43-31(42)34(16-28-36-18-27(44-28)30(40)41)12-11-24-23-10-5-20-13-25-19(17-37-38(25)22-8-6-21(35)7-9-22)14-32(20,2)29(23)26(39)15-33(24,34)3/h6-9,13,17-18,23-24,26,29,39H,4-5,10-12,14-16H2,1-3H3,(H,40,41)/t23-,24-,26-,29+,32-,33-,34-/m0/s1.